The summed E-state index contributed by atoms with van der Waals surface area (Å²) in [7, 11) is 0. The summed E-state index contributed by atoms with van der Waals surface area (Å²) in [6, 6.07) is 0. The fourth-order valence-electron chi connectivity index (χ4n) is 1.48. The molecule has 0 bridgehead atoms. The van der Waals surface area contributed by atoms with E-state index in [1.807, 2.05) is 6.92 Å². The Balaban J connectivity index is 2.93. The third-order valence-corrected chi connectivity index (χ3v) is 3.21. The lowest BCUT2D eigenvalue weighted by Crippen LogP contribution is -2.31. The number of aromatic nitrogens is 2. The average Bonchev–Trinajstić information content (AvgIpc) is 2.80. The molecule has 1 aromatic heterocycles. The Morgan fingerprint density at radius 3 is 2.38 bits per heavy atom. The Bertz CT molecular complexity index is 316. The molecule has 5 nitrogen and oxygen atoms in total. The minimum atomic E-state index is -0.210. The van der Waals surface area contributed by atoms with Gasteiger partial charge >= 0.3 is 0 Å². The monoisotopic (exact) mass is 226 g/mol. The second kappa shape index (κ2) is 5.30. The van der Waals surface area contributed by atoms with Gasteiger partial charge in [-0.3, -0.25) is 0 Å². The summed E-state index contributed by atoms with van der Waals surface area (Å²) in [6.07, 6.45) is 0.892. The maximum atomic E-state index is 5.76. The number of anilines is 1. The molecular weight excluding hydrogens is 204 g/mol. The molecule has 0 saturated heterocycles. The fraction of sp³-hybridized carbons (Fsp3) is 0.818. The van der Waals surface area contributed by atoms with Crippen LogP contribution >= 0.6 is 0 Å². The zero-order valence-electron chi connectivity index (χ0n) is 10.7. The first-order valence-electron chi connectivity index (χ1n) is 5.90. The van der Waals surface area contributed by atoms with Crippen molar-refractivity contribution in [1.82, 2.24) is 10.1 Å². The molecule has 0 aliphatic heterocycles. The normalized spacial score (nSPS) is 14.8. The molecule has 16 heavy (non-hydrogen) atoms. The van der Waals surface area contributed by atoms with Crippen molar-refractivity contribution in [3.05, 3.63) is 5.89 Å². The summed E-state index contributed by atoms with van der Waals surface area (Å²) >= 11 is 0. The van der Waals surface area contributed by atoms with Gasteiger partial charge in [0, 0.05) is 19.6 Å². The molecule has 0 aliphatic carbocycles. The van der Waals surface area contributed by atoms with Crippen LogP contribution in [-0.4, -0.2) is 29.8 Å². The van der Waals surface area contributed by atoms with Gasteiger partial charge in [0.15, 0.2) is 0 Å². The van der Waals surface area contributed by atoms with Crippen molar-refractivity contribution in [2.45, 2.75) is 39.5 Å². The Labute approximate surface area is 97.0 Å². The SMILES string of the molecule is CCN(CC)c1noc(C(C)(CC)CN)n1. The van der Waals surface area contributed by atoms with E-state index in [4.69, 9.17) is 10.3 Å². The molecule has 0 saturated carbocycles. The first-order valence-corrected chi connectivity index (χ1v) is 5.90. The van der Waals surface area contributed by atoms with Gasteiger partial charge in [-0.25, -0.2) is 0 Å². The summed E-state index contributed by atoms with van der Waals surface area (Å²) in [4.78, 5) is 6.49. The van der Waals surface area contributed by atoms with Crippen molar-refractivity contribution < 1.29 is 4.52 Å². The van der Waals surface area contributed by atoms with Crippen LogP contribution in [0.25, 0.3) is 0 Å². The van der Waals surface area contributed by atoms with Crippen molar-refractivity contribution in [3.8, 4) is 0 Å². The second-order valence-electron chi connectivity index (χ2n) is 4.19. The van der Waals surface area contributed by atoms with Crippen LogP contribution < -0.4 is 10.6 Å². The lowest BCUT2D eigenvalue weighted by Gasteiger charge is -2.21. The van der Waals surface area contributed by atoms with Gasteiger partial charge in [0.05, 0.1) is 5.41 Å². The van der Waals surface area contributed by atoms with E-state index in [2.05, 4.69) is 35.8 Å². The Morgan fingerprint density at radius 1 is 1.31 bits per heavy atom. The molecule has 1 rings (SSSR count). The number of hydrogen-bond donors (Lipinski definition) is 1. The van der Waals surface area contributed by atoms with Crippen molar-refractivity contribution in [2.24, 2.45) is 5.73 Å². The lowest BCUT2D eigenvalue weighted by molar-refractivity contribution is 0.290. The summed E-state index contributed by atoms with van der Waals surface area (Å²) in [5.74, 6) is 1.30. The highest BCUT2D eigenvalue weighted by Crippen LogP contribution is 2.26. The van der Waals surface area contributed by atoms with E-state index < -0.39 is 0 Å². The molecule has 92 valence electrons. The summed E-state index contributed by atoms with van der Waals surface area (Å²) in [6.45, 7) is 10.5. The van der Waals surface area contributed by atoms with Crippen LogP contribution in [0.1, 0.15) is 40.0 Å². The second-order valence-corrected chi connectivity index (χ2v) is 4.19. The molecular formula is C11H22N4O. The largest absolute Gasteiger partial charge is 0.339 e. The van der Waals surface area contributed by atoms with Crippen LogP contribution in [0.4, 0.5) is 5.95 Å². The molecule has 2 N–H and O–H groups in total. The zero-order valence-corrected chi connectivity index (χ0v) is 10.7. The average molecular weight is 226 g/mol. The Hall–Kier alpha value is -1.10. The molecule has 1 heterocycles. The van der Waals surface area contributed by atoms with E-state index in [1.165, 1.54) is 0 Å². The smallest absolute Gasteiger partial charge is 0.266 e. The van der Waals surface area contributed by atoms with Crippen LogP contribution in [0.2, 0.25) is 0 Å². The number of nitrogens with two attached hydrogens (primary N) is 1. The molecule has 1 unspecified atom stereocenters. The maximum absolute atomic E-state index is 5.76. The van der Waals surface area contributed by atoms with E-state index in [0.29, 0.717) is 18.4 Å². The third-order valence-electron chi connectivity index (χ3n) is 3.21. The van der Waals surface area contributed by atoms with Gasteiger partial charge < -0.3 is 15.2 Å². The van der Waals surface area contributed by atoms with Crippen molar-refractivity contribution in [2.75, 3.05) is 24.5 Å². The van der Waals surface area contributed by atoms with E-state index in [-0.39, 0.29) is 5.41 Å². The van der Waals surface area contributed by atoms with E-state index >= 15 is 0 Å². The number of hydrogen-bond acceptors (Lipinski definition) is 5. The maximum Gasteiger partial charge on any atom is 0.266 e. The highest BCUT2D eigenvalue weighted by atomic mass is 16.5. The van der Waals surface area contributed by atoms with Gasteiger partial charge in [0.1, 0.15) is 0 Å². The third kappa shape index (κ3) is 2.35. The van der Waals surface area contributed by atoms with Crippen LogP contribution in [0, 0.1) is 0 Å². The van der Waals surface area contributed by atoms with Gasteiger partial charge in [-0.15, -0.1) is 0 Å². The van der Waals surface area contributed by atoms with E-state index in [1.54, 1.807) is 0 Å². The highest BCUT2D eigenvalue weighted by molar-refractivity contribution is 5.28. The molecule has 5 heteroatoms. The van der Waals surface area contributed by atoms with E-state index in [0.717, 1.165) is 19.5 Å². The van der Waals surface area contributed by atoms with Crippen molar-refractivity contribution in [3.63, 3.8) is 0 Å². The number of rotatable bonds is 6. The zero-order chi connectivity index (χ0) is 12.2. The van der Waals surface area contributed by atoms with Crippen molar-refractivity contribution >= 4 is 5.95 Å². The first-order chi connectivity index (χ1) is 7.61. The number of nitrogens with zero attached hydrogens (tertiary/aromatic N) is 3. The lowest BCUT2D eigenvalue weighted by atomic mass is 9.88. The highest BCUT2D eigenvalue weighted by Gasteiger charge is 2.30. The van der Waals surface area contributed by atoms with Crippen LogP contribution in [0.15, 0.2) is 4.52 Å². The molecule has 0 fully saturated rings. The topological polar surface area (TPSA) is 68.2 Å². The molecule has 0 aromatic carbocycles. The van der Waals surface area contributed by atoms with Gasteiger partial charge in [0.25, 0.3) is 5.95 Å². The van der Waals surface area contributed by atoms with Gasteiger partial charge in [-0.05, 0) is 32.3 Å². The fourth-order valence-corrected chi connectivity index (χ4v) is 1.48. The minimum Gasteiger partial charge on any atom is -0.339 e. The molecule has 0 aliphatic rings. The van der Waals surface area contributed by atoms with Crippen LogP contribution in [0.3, 0.4) is 0 Å². The van der Waals surface area contributed by atoms with Crippen LogP contribution in [0.5, 0.6) is 0 Å². The molecule has 1 atom stereocenters. The molecule has 0 radical (unpaired) electrons. The Kier molecular flexibility index (Phi) is 4.29. The quantitative estimate of drug-likeness (QED) is 0.797. The minimum absolute atomic E-state index is 0.210. The summed E-state index contributed by atoms with van der Waals surface area (Å²) in [5, 5.41) is 4.00. The van der Waals surface area contributed by atoms with E-state index in [9.17, 15) is 0 Å². The van der Waals surface area contributed by atoms with Crippen molar-refractivity contribution in [1.29, 1.82) is 0 Å². The molecule has 1 aromatic rings. The van der Waals surface area contributed by atoms with Gasteiger partial charge in [0.2, 0.25) is 5.89 Å². The predicted octanol–water partition coefficient (Wildman–Crippen LogP) is 1.54. The summed E-state index contributed by atoms with van der Waals surface area (Å²) in [5.41, 5.74) is 5.55. The van der Waals surface area contributed by atoms with Crippen LogP contribution in [-0.2, 0) is 5.41 Å². The first kappa shape index (κ1) is 13.0. The predicted molar refractivity (Wildman–Crippen MR) is 64.6 cm³/mol. The standard InChI is InChI=1S/C11H22N4O/c1-5-11(4,8-12)9-13-10(14-16-9)15(6-2)7-3/h5-8,12H2,1-4H3. The van der Waals surface area contributed by atoms with Gasteiger partial charge in [-0.1, -0.05) is 6.92 Å². The Morgan fingerprint density at radius 2 is 1.94 bits per heavy atom. The molecule has 0 amide bonds. The summed E-state index contributed by atoms with van der Waals surface area (Å²) < 4.78 is 5.31. The van der Waals surface area contributed by atoms with Gasteiger partial charge in [-0.2, -0.15) is 4.98 Å². The molecule has 0 spiro atoms.